The predicted molar refractivity (Wildman–Crippen MR) is 123 cm³/mol. The molecule has 2 aromatic carbocycles. The fourth-order valence-electron chi connectivity index (χ4n) is 3.48. The molecule has 0 atom stereocenters. The molecule has 2 N–H and O–H groups in total. The van der Waals surface area contributed by atoms with Crippen LogP contribution in [-0.4, -0.2) is 31.1 Å². The first-order valence-corrected chi connectivity index (χ1v) is 10.8. The number of rotatable bonds is 12. The zero-order chi connectivity index (χ0) is 21.0. The first-order valence-electron chi connectivity index (χ1n) is 10.8. The number of nitrogens with zero attached hydrogens (tertiary/aromatic N) is 1. The maximum Gasteiger partial charge on any atom is 0.251 e. The van der Waals surface area contributed by atoms with Crippen LogP contribution in [0.3, 0.4) is 0 Å². The number of para-hydroxylation sites is 1. The summed E-state index contributed by atoms with van der Waals surface area (Å²) in [5, 5.41) is 7.70. The molecule has 0 aliphatic heterocycles. The molecular formula is C25H31N3O2. The molecule has 158 valence electrons. The molecule has 1 aromatic heterocycles. The van der Waals surface area contributed by atoms with Crippen LogP contribution < -0.4 is 15.4 Å². The van der Waals surface area contributed by atoms with Crippen molar-refractivity contribution >= 4 is 22.5 Å². The van der Waals surface area contributed by atoms with E-state index in [0.29, 0.717) is 5.56 Å². The van der Waals surface area contributed by atoms with Gasteiger partial charge >= 0.3 is 0 Å². The molecule has 0 radical (unpaired) electrons. The highest BCUT2D eigenvalue weighted by atomic mass is 16.5. The number of nitrogens with one attached hydrogen (secondary N) is 2. The van der Waals surface area contributed by atoms with Gasteiger partial charge < -0.3 is 15.4 Å². The van der Waals surface area contributed by atoms with Crippen molar-refractivity contribution in [1.29, 1.82) is 0 Å². The number of hydrogen-bond donors (Lipinski definition) is 2. The molecule has 0 fully saturated rings. The molecule has 3 aromatic rings. The van der Waals surface area contributed by atoms with Gasteiger partial charge in [-0.3, -0.25) is 9.78 Å². The smallest absolute Gasteiger partial charge is 0.251 e. The average molecular weight is 406 g/mol. The zero-order valence-electron chi connectivity index (χ0n) is 17.7. The van der Waals surface area contributed by atoms with Gasteiger partial charge in [0.25, 0.3) is 5.91 Å². The lowest BCUT2D eigenvalue weighted by Crippen LogP contribution is -2.24. The van der Waals surface area contributed by atoms with Gasteiger partial charge in [-0.2, -0.15) is 0 Å². The Morgan fingerprint density at radius 3 is 2.33 bits per heavy atom. The van der Waals surface area contributed by atoms with Crippen molar-refractivity contribution < 1.29 is 9.53 Å². The fourth-order valence-corrected chi connectivity index (χ4v) is 3.48. The Bertz CT molecular complexity index is 920. The minimum atomic E-state index is -0.0210. The summed E-state index contributed by atoms with van der Waals surface area (Å²) in [7, 11) is 1.62. The monoisotopic (exact) mass is 405 g/mol. The van der Waals surface area contributed by atoms with E-state index in [1.54, 1.807) is 31.4 Å². The van der Waals surface area contributed by atoms with Crippen molar-refractivity contribution in [2.24, 2.45) is 0 Å². The topological polar surface area (TPSA) is 63.2 Å². The number of amides is 1. The van der Waals surface area contributed by atoms with Crippen LogP contribution in [0.2, 0.25) is 0 Å². The van der Waals surface area contributed by atoms with E-state index in [1.165, 1.54) is 24.6 Å². The van der Waals surface area contributed by atoms with Crippen LogP contribution in [0.5, 0.6) is 5.75 Å². The van der Waals surface area contributed by atoms with E-state index in [-0.39, 0.29) is 5.91 Å². The lowest BCUT2D eigenvalue weighted by Gasteiger charge is -2.09. The Balaban J connectivity index is 1.22. The predicted octanol–water partition coefficient (Wildman–Crippen LogP) is 5.43. The number of aromatic nitrogens is 1. The van der Waals surface area contributed by atoms with E-state index in [0.717, 1.165) is 49.3 Å². The standard InChI is InChI=1S/C25H31N3O2/c1-30-21-14-12-20(13-15-21)25(29)28-18-9-5-3-2-4-8-17-26-24-16-19-27-23-11-7-6-10-22(23)24/h6-7,10-16,19H,2-5,8-9,17-18H2,1H3,(H,26,27)(H,28,29). The van der Waals surface area contributed by atoms with Crippen LogP contribution in [0, 0.1) is 0 Å². The second-order valence-corrected chi connectivity index (χ2v) is 7.41. The summed E-state index contributed by atoms with van der Waals surface area (Å²) < 4.78 is 5.11. The Labute approximate surface area is 178 Å². The lowest BCUT2D eigenvalue weighted by molar-refractivity contribution is 0.0953. The fraction of sp³-hybridized carbons (Fsp3) is 0.360. The highest BCUT2D eigenvalue weighted by molar-refractivity contribution is 5.94. The third-order valence-corrected chi connectivity index (χ3v) is 5.21. The number of anilines is 1. The molecule has 0 aliphatic rings. The zero-order valence-corrected chi connectivity index (χ0v) is 17.7. The molecular weight excluding hydrogens is 374 g/mol. The maximum atomic E-state index is 12.1. The molecule has 1 amide bonds. The van der Waals surface area contributed by atoms with E-state index < -0.39 is 0 Å². The first kappa shape index (κ1) is 21.6. The highest BCUT2D eigenvalue weighted by Gasteiger charge is 2.04. The number of methoxy groups -OCH3 is 1. The van der Waals surface area contributed by atoms with Gasteiger partial charge in [0.05, 0.1) is 12.6 Å². The van der Waals surface area contributed by atoms with Crippen molar-refractivity contribution in [2.75, 3.05) is 25.5 Å². The summed E-state index contributed by atoms with van der Waals surface area (Å²) in [6.07, 6.45) is 8.83. The number of pyridine rings is 1. The van der Waals surface area contributed by atoms with Gasteiger partial charge in [0.2, 0.25) is 0 Å². The first-order chi connectivity index (χ1) is 14.8. The van der Waals surface area contributed by atoms with E-state index in [1.807, 2.05) is 24.4 Å². The Morgan fingerprint density at radius 1 is 0.867 bits per heavy atom. The molecule has 5 nitrogen and oxygen atoms in total. The molecule has 0 aliphatic carbocycles. The van der Waals surface area contributed by atoms with Crippen molar-refractivity contribution in [2.45, 2.75) is 38.5 Å². The molecule has 0 spiro atoms. The number of carbonyl (C=O) groups is 1. The van der Waals surface area contributed by atoms with Crippen LogP contribution in [-0.2, 0) is 0 Å². The average Bonchev–Trinajstić information content (AvgIpc) is 2.80. The van der Waals surface area contributed by atoms with Gasteiger partial charge in [0.15, 0.2) is 0 Å². The highest BCUT2D eigenvalue weighted by Crippen LogP contribution is 2.21. The van der Waals surface area contributed by atoms with Crippen LogP contribution in [0.25, 0.3) is 10.9 Å². The summed E-state index contributed by atoms with van der Waals surface area (Å²) in [6.45, 7) is 1.70. The number of fused-ring (bicyclic) bond motifs is 1. The van der Waals surface area contributed by atoms with Gasteiger partial charge in [0, 0.05) is 35.9 Å². The number of ether oxygens (including phenoxy) is 1. The second kappa shape index (κ2) is 11.8. The maximum absolute atomic E-state index is 12.1. The van der Waals surface area contributed by atoms with Crippen molar-refractivity contribution in [1.82, 2.24) is 10.3 Å². The molecule has 0 saturated heterocycles. The molecule has 0 saturated carbocycles. The third kappa shape index (κ3) is 6.48. The van der Waals surface area contributed by atoms with Crippen LogP contribution >= 0.6 is 0 Å². The summed E-state index contributed by atoms with van der Waals surface area (Å²) in [6, 6.07) is 17.5. The van der Waals surface area contributed by atoms with Crippen molar-refractivity contribution in [3.63, 3.8) is 0 Å². The second-order valence-electron chi connectivity index (χ2n) is 7.41. The molecule has 0 unspecified atom stereocenters. The van der Waals surface area contributed by atoms with Gasteiger partial charge in [-0.15, -0.1) is 0 Å². The number of benzene rings is 2. The number of unbranched alkanes of at least 4 members (excludes halogenated alkanes) is 5. The van der Waals surface area contributed by atoms with Gasteiger partial charge in [-0.05, 0) is 49.2 Å². The Hall–Kier alpha value is -3.08. The molecule has 5 heteroatoms. The molecule has 3 rings (SSSR count). The lowest BCUT2D eigenvalue weighted by atomic mass is 10.1. The third-order valence-electron chi connectivity index (χ3n) is 5.21. The summed E-state index contributed by atoms with van der Waals surface area (Å²) in [5.74, 6) is 0.739. The molecule has 30 heavy (non-hydrogen) atoms. The molecule has 1 heterocycles. The molecule has 0 bridgehead atoms. The summed E-state index contributed by atoms with van der Waals surface area (Å²) >= 11 is 0. The summed E-state index contributed by atoms with van der Waals surface area (Å²) in [5.41, 5.74) is 2.86. The van der Waals surface area contributed by atoms with E-state index in [2.05, 4.69) is 27.8 Å². The van der Waals surface area contributed by atoms with Gasteiger partial charge in [0.1, 0.15) is 5.75 Å². The van der Waals surface area contributed by atoms with Crippen LogP contribution in [0.15, 0.2) is 60.8 Å². The normalized spacial score (nSPS) is 10.7. The van der Waals surface area contributed by atoms with E-state index in [9.17, 15) is 4.79 Å². The SMILES string of the molecule is COc1ccc(C(=O)NCCCCCCCCNc2ccnc3ccccc23)cc1. The Kier molecular flexibility index (Phi) is 8.51. The number of carbonyl (C=O) groups excluding carboxylic acids is 1. The van der Waals surface area contributed by atoms with Crippen LogP contribution in [0.4, 0.5) is 5.69 Å². The van der Waals surface area contributed by atoms with Crippen LogP contribution in [0.1, 0.15) is 48.9 Å². The van der Waals surface area contributed by atoms with Gasteiger partial charge in [-0.1, -0.05) is 43.9 Å². The minimum absolute atomic E-state index is 0.0210. The van der Waals surface area contributed by atoms with E-state index >= 15 is 0 Å². The largest absolute Gasteiger partial charge is 0.497 e. The Morgan fingerprint density at radius 2 is 1.57 bits per heavy atom. The number of hydrogen-bond acceptors (Lipinski definition) is 4. The minimum Gasteiger partial charge on any atom is -0.497 e. The summed E-state index contributed by atoms with van der Waals surface area (Å²) in [4.78, 5) is 16.5. The quantitative estimate of drug-likeness (QED) is 0.395. The van der Waals surface area contributed by atoms with Gasteiger partial charge in [-0.25, -0.2) is 0 Å². The van der Waals surface area contributed by atoms with E-state index in [4.69, 9.17) is 4.74 Å². The van der Waals surface area contributed by atoms with Crippen molar-refractivity contribution in [3.05, 3.63) is 66.4 Å². The van der Waals surface area contributed by atoms with Crippen molar-refractivity contribution in [3.8, 4) is 5.75 Å².